The number of nitrogens with one attached hydrogen (secondary N) is 1. The summed E-state index contributed by atoms with van der Waals surface area (Å²) in [6.07, 6.45) is -1.05. The number of piperazine rings is 1. The zero-order chi connectivity index (χ0) is 31.8. The molecule has 2 aromatic rings. The molecule has 1 N–H and O–H groups in total. The molecule has 1 saturated heterocycles. The van der Waals surface area contributed by atoms with Crippen molar-refractivity contribution in [3.05, 3.63) is 40.1 Å². The Balaban J connectivity index is 1.49. The van der Waals surface area contributed by atoms with Gasteiger partial charge in [-0.15, -0.1) is 0 Å². The Morgan fingerprint density at radius 3 is 2.42 bits per heavy atom. The minimum atomic E-state index is -4.91. The van der Waals surface area contributed by atoms with Crippen molar-refractivity contribution in [1.29, 1.82) is 5.26 Å². The number of hydrogen-bond donors (Lipinski definition) is 1. The maximum atomic E-state index is 13.9. The van der Waals surface area contributed by atoms with Gasteiger partial charge in [-0.25, -0.2) is 14.6 Å². The van der Waals surface area contributed by atoms with E-state index in [1.54, 1.807) is 18.9 Å². The number of amides is 1. The van der Waals surface area contributed by atoms with E-state index in [-0.39, 0.29) is 25.8 Å². The zero-order valence-corrected chi connectivity index (χ0v) is 26.0. The van der Waals surface area contributed by atoms with Crippen LogP contribution in [0.15, 0.2) is 23.4 Å². The molecule has 1 aliphatic heterocycles. The summed E-state index contributed by atoms with van der Waals surface area (Å²) in [7, 11) is 0.159. The van der Waals surface area contributed by atoms with Gasteiger partial charge in [0, 0.05) is 60.5 Å². The second kappa shape index (κ2) is 14.7. The van der Waals surface area contributed by atoms with Crippen LogP contribution in [-0.2, 0) is 27.3 Å². The summed E-state index contributed by atoms with van der Waals surface area (Å²) in [5.74, 6) is 0.239. The molecule has 0 aliphatic carbocycles. The molecule has 0 radical (unpaired) electrons. The number of nitrogens with zero attached hydrogens (tertiary/aromatic N) is 8. The van der Waals surface area contributed by atoms with Crippen LogP contribution >= 0.6 is 0 Å². The number of carbonyl (C=O) groups is 1. The van der Waals surface area contributed by atoms with Crippen molar-refractivity contribution in [3.63, 3.8) is 0 Å². The minimum Gasteiger partial charge on any atom is -0.379 e. The van der Waals surface area contributed by atoms with E-state index in [0.717, 1.165) is 12.2 Å². The highest BCUT2D eigenvalue weighted by molar-refractivity contribution is 6.76. The van der Waals surface area contributed by atoms with Gasteiger partial charge >= 0.3 is 6.18 Å². The van der Waals surface area contributed by atoms with Crippen LogP contribution in [0.5, 0.6) is 0 Å². The van der Waals surface area contributed by atoms with Gasteiger partial charge in [-0.2, -0.15) is 28.6 Å². The average molecular weight is 626 g/mol. The maximum absolute atomic E-state index is 13.9. The molecular formula is C26H38F3N9O4Si. The Morgan fingerprint density at radius 1 is 1.19 bits per heavy atom. The van der Waals surface area contributed by atoms with Crippen molar-refractivity contribution < 1.29 is 27.5 Å². The number of likely N-dealkylation sites (N-methyl/N-ethyl adjacent to an activating group) is 1. The number of halogens is 3. The Morgan fingerprint density at radius 2 is 1.84 bits per heavy atom. The molecule has 1 aliphatic rings. The summed E-state index contributed by atoms with van der Waals surface area (Å²) in [6, 6.07) is 2.18. The third kappa shape index (κ3) is 10.3. The van der Waals surface area contributed by atoms with Crippen LogP contribution in [-0.4, -0.2) is 103 Å². The average Bonchev–Trinajstić information content (AvgIpc) is 2.94. The fourth-order valence-corrected chi connectivity index (χ4v) is 4.95. The summed E-state index contributed by atoms with van der Waals surface area (Å²) < 4.78 is 47.7. The van der Waals surface area contributed by atoms with E-state index in [9.17, 15) is 22.8 Å². The van der Waals surface area contributed by atoms with Crippen molar-refractivity contribution in [3.8, 4) is 6.07 Å². The van der Waals surface area contributed by atoms with Crippen LogP contribution < -0.4 is 15.8 Å². The molecular weight excluding hydrogens is 587 g/mol. The molecule has 1 unspecified atom stereocenters. The number of carbonyl (C=O) groups excluding carboxylic acids is 1. The third-order valence-corrected chi connectivity index (χ3v) is 8.27. The Kier molecular flexibility index (Phi) is 11.6. The van der Waals surface area contributed by atoms with Gasteiger partial charge in [-0.05, 0) is 13.0 Å². The summed E-state index contributed by atoms with van der Waals surface area (Å²) >= 11 is 0. The summed E-state index contributed by atoms with van der Waals surface area (Å²) in [6.45, 7) is 9.74. The lowest BCUT2D eigenvalue weighted by Crippen LogP contribution is -2.50. The Bertz CT molecular complexity index is 1320. The second-order valence-electron chi connectivity index (χ2n) is 11.5. The molecule has 2 aromatic heterocycles. The second-order valence-corrected chi connectivity index (χ2v) is 17.1. The molecule has 0 aromatic carbocycles. The van der Waals surface area contributed by atoms with Crippen LogP contribution in [0.2, 0.25) is 25.7 Å². The van der Waals surface area contributed by atoms with Crippen LogP contribution in [0.4, 0.5) is 24.8 Å². The summed E-state index contributed by atoms with van der Waals surface area (Å²) in [5, 5.41) is 16.8. The first-order valence-electron chi connectivity index (χ1n) is 13.8. The van der Waals surface area contributed by atoms with E-state index in [2.05, 4.69) is 40.0 Å². The summed E-state index contributed by atoms with van der Waals surface area (Å²) in [4.78, 5) is 42.8. The molecule has 1 amide bonds. The molecule has 17 heteroatoms. The number of rotatable bonds is 13. The van der Waals surface area contributed by atoms with Gasteiger partial charge in [-0.1, -0.05) is 19.6 Å². The number of aromatic nitrogens is 4. The number of ether oxygens (including phenoxy) is 1. The van der Waals surface area contributed by atoms with Crippen molar-refractivity contribution in [2.45, 2.75) is 51.6 Å². The van der Waals surface area contributed by atoms with Gasteiger partial charge < -0.3 is 19.9 Å². The molecule has 3 rings (SSSR count). The summed E-state index contributed by atoms with van der Waals surface area (Å²) in [5.41, 5.74) is -2.73. The lowest BCUT2D eigenvalue weighted by Gasteiger charge is -2.35. The molecule has 0 spiro atoms. The van der Waals surface area contributed by atoms with Gasteiger partial charge in [0.2, 0.25) is 5.95 Å². The molecule has 1 fully saturated rings. The predicted octanol–water partition coefficient (Wildman–Crippen LogP) is 2.25. The van der Waals surface area contributed by atoms with Crippen molar-refractivity contribution in [2.75, 3.05) is 63.2 Å². The normalized spacial score (nSPS) is 15.0. The van der Waals surface area contributed by atoms with E-state index in [1.165, 1.54) is 17.5 Å². The standard InChI is InChI=1S/C26H38F3N9O4Si/c1-19(34-21-15-33-38(18-41-10-11-43(3,4)5)24(40)23(21)26(27,28)29)16-35(2)42-17-22(39)36-6-8-37(9-7-36)25-31-13-20(12-30)14-32-25/h13-15,19,34H,6-11,16-18H2,1-5H3. The fraction of sp³-hybridized carbons (Fsp3) is 0.615. The molecule has 1 atom stereocenters. The first-order valence-corrected chi connectivity index (χ1v) is 17.5. The highest BCUT2D eigenvalue weighted by Crippen LogP contribution is 2.32. The third-order valence-electron chi connectivity index (χ3n) is 6.56. The van der Waals surface area contributed by atoms with E-state index in [4.69, 9.17) is 14.8 Å². The van der Waals surface area contributed by atoms with Crippen LogP contribution in [0.1, 0.15) is 18.1 Å². The Labute approximate surface area is 249 Å². The van der Waals surface area contributed by atoms with Crippen molar-refractivity contribution in [1.82, 2.24) is 29.7 Å². The number of hydroxylamine groups is 2. The first kappa shape index (κ1) is 33.9. The van der Waals surface area contributed by atoms with Gasteiger partial charge in [0.1, 0.15) is 25.0 Å². The molecule has 43 heavy (non-hydrogen) atoms. The van der Waals surface area contributed by atoms with Crippen molar-refractivity contribution >= 4 is 25.6 Å². The fourth-order valence-electron chi connectivity index (χ4n) is 4.20. The van der Waals surface area contributed by atoms with E-state index >= 15 is 0 Å². The van der Waals surface area contributed by atoms with Gasteiger partial charge in [-0.3, -0.25) is 14.4 Å². The Hall–Kier alpha value is -3.59. The minimum absolute atomic E-state index is 0.108. The monoisotopic (exact) mass is 625 g/mol. The molecule has 13 nitrogen and oxygen atoms in total. The first-order chi connectivity index (χ1) is 20.2. The maximum Gasteiger partial charge on any atom is 0.423 e. The number of alkyl halides is 3. The van der Waals surface area contributed by atoms with Gasteiger partial charge in [0.15, 0.2) is 0 Å². The van der Waals surface area contributed by atoms with Crippen LogP contribution in [0, 0.1) is 11.3 Å². The highest BCUT2D eigenvalue weighted by atomic mass is 28.3. The van der Waals surface area contributed by atoms with E-state index < -0.39 is 37.1 Å². The molecule has 236 valence electrons. The van der Waals surface area contributed by atoms with Gasteiger partial charge in [0.05, 0.1) is 29.8 Å². The number of hydrogen-bond acceptors (Lipinski definition) is 11. The van der Waals surface area contributed by atoms with Gasteiger partial charge in [0.25, 0.3) is 11.5 Å². The SMILES string of the molecule is CC(CN(C)OCC(=O)N1CCN(c2ncc(C#N)cn2)CC1)Nc1cnn(COCC[Si](C)(C)C)c(=O)c1C(F)(F)F. The van der Waals surface area contributed by atoms with Crippen LogP contribution in [0.25, 0.3) is 0 Å². The number of anilines is 2. The number of nitriles is 1. The quantitative estimate of drug-likeness (QED) is 0.199. The largest absolute Gasteiger partial charge is 0.423 e. The van der Waals surface area contributed by atoms with E-state index in [0.29, 0.717) is 49.0 Å². The highest BCUT2D eigenvalue weighted by Gasteiger charge is 2.38. The lowest BCUT2D eigenvalue weighted by molar-refractivity contribution is -0.167. The van der Waals surface area contributed by atoms with Crippen molar-refractivity contribution in [2.24, 2.45) is 0 Å². The molecule has 0 saturated carbocycles. The molecule has 3 heterocycles. The smallest absolute Gasteiger partial charge is 0.379 e. The topological polar surface area (TPSA) is 142 Å². The zero-order valence-electron chi connectivity index (χ0n) is 25.0. The van der Waals surface area contributed by atoms with E-state index in [1.807, 2.05) is 11.0 Å². The lowest BCUT2D eigenvalue weighted by atomic mass is 10.2. The van der Waals surface area contributed by atoms with Crippen LogP contribution in [0.3, 0.4) is 0 Å². The predicted molar refractivity (Wildman–Crippen MR) is 155 cm³/mol. The molecule has 0 bridgehead atoms.